The Hall–Kier alpha value is -1.36. The van der Waals surface area contributed by atoms with E-state index in [1.807, 2.05) is 17.9 Å². The zero-order valence-electron chi connectivity index (χ0n) is 10.5. The summed E-state index contributed by atoms with van der Waals surface area (Å²) in [7, 11) is 0. The molecule has 0 bridgehead atoms. The monoisotopic (exact) mass is 266 g/mol. The van der Waals surface area contributed by atoms with E-state index in [4.69, 9.17) is 22.4 Å². The van der Waals surface area contributed by atoms with Crippen LogP contribution in [0.1, 0.15) is 36.1 Å². The van der Waals surface area contributed by atoms with Gasteiger partial charge >= 0.3 is 0 Å². The summed E-state index contributed by atoms with van der Waals surface area (Å²) in [6.07, 6.45) is 2.50. The number of furan rings is 1. The minimum Gasteiger partial charge on any atom is -0.456 e. The molecule has 1 saturated heterocycles. The Morgan fingerprint density at radius 3 is 2.67 bits per heavy atom. The maximum atomic E-state index is 12.2. The minimum atomic E-state index is -0.0314. The lowest BCUT2D eigenvalue weighted by Gasteiger charge is -2.30. The van der Waals surface area contributed by atoms with Crippen LogP contribution in [0.4, 0.5) is 0 Å². The van der Waals surface area contributed by atoms with Gasteiger partial charge in [0.1, 0.15) is 5.76 Å². The Labute approximate surface area is 112 Å². The largest absolute Gasteiger partial charge is 0.456 e. The molecule has 2 heterocycles. The zero-order chi connectivity index (χ0) is 13.1. The number of nitrogens with zero attached hydrogens (tertiary/aromatic N) is 1. The van der Waals surface area contributed by atoms with E-state index in [1.165, 1.54) is 0 Å². The summed E-state index contributed by atoms with van der Waals surface area (Å²) in [5.41, 5.74) is 5.63. The average Bonchev–Trinajstić information content (AvgIpc) is 2.86. The molecule has 0 radical (unpaired) electrons. The number of piperidine rings is 1. The van der Waals surface area contributed by atoms with Crippen molar-refractivity contribution < 1.29 is 9.21 Å². The third-order valence-corrected chi connectivity index (χ3v) is 3.74. The van der Waals surface area contributed by atoms with E-state index in [0.29, 0.717) is 23.8 Å². The Morgan fingerprint density at radius 2 is 2.17 bits per heavy atom. The van der Waals surface area contributed by atoms with Crippen LogP contribution in [0.2, 0.25) is 0 Å². The van der Waals surface area contributed by atoms with Crippen molar-refractivity contribution in [2.24, 2.45) is 11.7 Å². The molecule has 0 spiro atoms. The van der Waals surface area contributed by atoms with Crippen molar-refractivity contribution >= 4 is 23.1 Å². The van der Waals surface area contributed by atoms with E-state index in [2.05, 4.69) is 0 Å². The molecule has 5 heteroatoms. The van der Waals surface area contributed by atoms with Gasteiger partial charge in [0.25, 0.3) is 5.91 Å². The van der Waals surface area contributed by atoms with Crippen molar-refractivity contribution in [1.82, 2.24) is 4.90 Å². The summed E-state index contributed by atoms with van der Waals surface area (Å²) in [4.78, 5) is 14.5. The molecule has 0 unspecified atom stereocenters. The van der Waals surface area contributed by atoms with Gasteiger partial charge < -0.3 is 15.1 Å². The van der Waals surface area contributed by atoms with Gasteiger partial charge in [-0.15, -0.1) is 0 Å². The first-order valence-corrected chi connectivity index (χ1v) is 6.70. The van der Waals surface area contributed by atoms with E-state index >= 15 is 0 Å². The first-order valence-electron chi connectivity index (χ1n) is 6.29. The molecule has 1 aliphatic rings. The van der Waals surface area contributed by atoms with Crippen LogP contribution < -0.4 is 5.73 Å². The van der Waals surface area contributed by atoms with E-state index in [9.17, 15) is 4.79 Å². The second kappa shape index (κ2) is 5.52. The van der Waals surface area contributed by atoms with Gasteiger partial charge in [-0.25, -0.2) is 0 Å². The lowest BCUT2D eigenvalue weighted by atomic mass is 9.97. The predicted molar refractivity (Wildman–Crippen MR) is 73.5 cm³/mol. The highest BCUT2D eigenvalue weighted by Gasteiger charge is 2.26. The number of likely N-dealkylation sites (tertiary alicyclic amines) is 1. The number of carbonyl (C=O) groups is 1. The van der Waals surface area contributed by atoms with E-state index in [0.717, 1.165) is 25.0 Å². The minimum absolute atomic E-state index is 0.0314. The number of hydrogen-bond donors (Lipinski definition) is 1. The molecule has 2 N–H and O–H groups in total. The Bertz CT molecular complexity index is 448. The van der Waals surface area contributed by atoms with Gasteiger partial charge in [-0.1, -0.05) is 19.1 Å². The maximum absolute atomic E-state index is 12.2. The highest BCUT2D eigenvalue weighted by atomic mass is 32.1. The predicted octanol–water partition coefficient (Wildman–Crippen LogP) is 1.98. The molecule has 1 fully saturated rings. The molecular weight excluding hydrogens is 248 g/mol. The summed E-state index contributed by atoms with van der Waals surface area (Å²) >= 11 is 4.99. The Kier molecular flexibility index (Phi) is 4.01. The van der Waals surface area contributed by atoms with Crippen molar-refractivity contribution in [2.75, 3.05) is 13.1 Å². The summed E-state index contributed by atoms with van der Waals surface area (Å²) in [5, 5.41) is 0. The van der Waals surface area contributed by atoms with Crippen molar-refractivity contribution in [3.8, 4) is 0 Å². The van der Waals surface area contributed by atoms with Gasteiger partial charge in [-0.05, 0) is 25.0 Å². The normalized spacial score (nSPS) is 16.8. The van der Waals surface area contributed by atoms with Gasteiger partial charge in [-0.2, -0.15) is 0 Å². The first-order chi connectivity index (χ1) is 8.61. The number of rotatable bonds is 3. The molecule has 0 atom stereocenters. The van der Waals surface area contributed by atoms with Crippen molar-refractivity contribution in [2.45, 2.75) is 26.2 Å². The molecule has 4 nitrogen and oxygen atoms in total. The smallest absolute Gasteiger partial charge is 0.289 e. The van der Waals surface area contributed by atoms with Crippen LogP contribution in [-0.2, 0) is 6.42 Å². The van der Waals surface area contributed by atoms with Gasteiger partial charge in [0, 0.05) is 25.4 Å². The van der Waals surface area contributed by atoms with Crippen molar-refractivity contribution in [3.05, 3.63) is 23.7 Å². The second-order valence-corrected chi connectivity index (χ2v) is 5.06. The van der Waals surface area contributed by atoms with Crippen LogP contribution in [-0.4, -0.2) is 28.9 Å². The lowest BCUT2D eigenvalue weighted by molar-refractivity contribution is 0.0676. The fourth-order valence-electron chi connectivity index (χ4n) is 2.21. The van der Waals surface area contributed by atoms with Gasteiger partial charge in [0.15, 0.2) is 5.76 Å². The third kappa shape index (κ3) is 2.72. The van der Waals surface area contributed by atoms with Crippen LogP contribution in [0, 0.1) is 5.92 Å². The first kappa shape index (κ1) is 13.1. The quantitative estimate of drug-likeness (QED) is 0.850. The molecule has 1 aliphatic heterocycles. The molecule has 18 heavy (non-hydrogen) atoms. The van der Waals surface area contributed by atoms with Gasteiger partial charge in [0.05, 0.1) is 4.99 Å². The Balaban J connectivity index is 1.97. The van der Waals surface area contributed by atoms with Crippen LogP contribution in [0.25, 0.3) is 0 Å². The molecule has 1 aromatic rings. The number of amides is 1. The standard InChI is InChI=1S/C13H18N2O2S/c1-2-10-3-4-11(17-10)13(16)15-7-5-9(6-8-15)12(14)18/h3-4,9H,2,5-8H2,1H3,(H2,14,18). The molecule has 2 rings (SSSR count). The highest BCUT2D eigenvalue weighted by molar-refractivity contribution is 7.80. The number of hydrogen-bond acceptors (Lipinski definition) is 3. The fraction of sp³-hybridized carbons (Fsp3) is 0.538. The van der Waals surface area contributed by atoms with Crippen molar-refractivity contribution in [3.63, 3.8) is 0 Å². The molecule has 98 valence electrons. The Morgan fingerprint density at radius 1 is 1.50 bits per heavy atom. The molecule has 0 saturated carbocycles. The van der Waals surface area contributed by atoms with Crippen LogP contribution >= 0.6 is 12.2 Å². The van der Waals surface area contributed by atoms with Crippen molar-refractivity contribution in [1.29, 1.82) is 0 Å². The fourth-order valence-corrected chi connectivity index (χ4v) is 2.44. The van der Waals surface area contributed by atoms with Crippen LogP contribution in [0.5, 0.6) is 0 Å². The summed E-state index contributed by atoms with van der Waals surface area (Å²) in [6.45, 7) is 3.40. The summed E-state index contributed by atoms with van der Waals surface area (Å²) in [5.74, 6) is 1.51. The molecule has 0 aromatic carbocycles. The number of carbonyl (C=O) groups excluding carboxylic acids is 1. The van der Waals surface area contributed by atoms with E-state index in [-0.39, 0.29) is 11.8 Å². The third-order valence-electron chi connectivity index (χ3n) is 3.41. The van der Waals surface area contributed by atoms with E-state index < -0.39 is 0 Å². The van der Waals surface area contributed by atoms with Crippen LogP contribution in [0.3, 0.4) is 0 Å². The average molecular weight is 266 g/mol. The molecule has 1 amide bonds. The second-order valence-electron chi connectivity index (χ2n) is 4.59. The van der Waals surface area contributed by atoms with Gasteiger partial charge in [0.2, 0.25) is 0 Å². The molecule has 1 aromatic heterocycles. The number of nitrogens with two attached hydrogens (primary N) is 1. The summed E-state index contributed by atoms with van der Waals surface area (Å²) in [6, 6.07) is 3.61. The number of thiocarbonyl (C=S) groups is 1. The van der Waals surface area contributed by atoms with Gasteiger partial charge in [-0.3, -0.25) is 4.79 Å². The maximum Gasteiger partial charge on any atom is 0.289 e. The molecule has 0 aliphatic carbocycles. The lowest BCUT2D eigenvalue weighted by Crippen LogP contribution is -2.41. The van der Waals surface area contributed by atoms with E-state index in [1.54, 1.807) is 6.07 Å². The number of aryl methyl sites for hydroxylation is 1. The zero-order valence-corrected chi connectivity index (χ0v) is 11.3. The van der Waals surface area contributed by atoms with Crippen LogP contribution in [0.15, 0.2) is 16.5 Å². The SMILES string of the molecule is CCc1ccc(C(=O)N2CCC(C(N)=S)CC2)o1. The topological polar surface area (TPSA) is 59.5 Å². The highest BCUT2D eigenvalue weighted by Crippen LogP contribution is 2.20. The summed E-state index contributed by atoms with van der Waals surface area (Å²) < 4.78 is 5.48. The molecular formula is C13H18N2O2S.